The summed E-state index contributed by atoms with van der Waals surface area (Å²) in [6, 6.07) is 0. The molecule has 0 radical (unpaired) electrons. The molecule has 1 aliphatic rings. The van der Waals surface area contributed by atoms with Crippen molar-refractivity contribution < 1.29 is 19.4 Å². The lowest BCUT2D eigenvalue weighted by molar-refractivity contribution is -0.158. The number of carbonyl (C=O) groups excluding carboxylic acids is 1. The molecule has 0 fully saturated rings. The molecular formula is C26H42O4. The number of ether oxygens (including phenoxy) is 1. The number of hydrogen-bond acceptors (Lipinski definition) is 3. The average Bonchev–Trinajstić information content (AvgIpc) is 2.70. The fourth-order valence-electron chi connectivity index (χ4n) is 3.87. The number of allylic oxidation sites excluding steroid dienone is 6. The van der Waals surface area contributed by atoms with Gasteiger partial charge in [0.2, 0.25) is 0 Å². The van der Waals surface area contributed by atoms with E-state index in [-0.39, 0.29) is 5.97 Å². The second-order valence-corrected chi connectivity index (χ2v) is 8.84. The molecule has 2 atom stereocenters. The lowest BCUT2D eigenvalue weighted by Crippen LogP contribution is -2.33. The molecule has 1 aliphatic carbocycles. The van der Waals surface area contributed by atoms with Crippen molar-refractivity contribution in [2.24, 2.45) is 11.8 Å². The van der Waals surface area contributed by atoms with Crippen LogP contribution in [0, 0.1) is 11.8 Å². The first kappa shape index (κ1) is 26.2. The molecule has 0 aromatic heterocycles. The molecule has 0 aromatic carbocycles. The normalized spacial score (nSPS) is 19.2. The molecule has 0 heterocycles. The van der Waals surface area contributed by atoms with Gasteiger partial charge in [-0.25, -0.2) is 0 Å². The van der Waals surface area contributed by atoms with Crippen molar-refractivity contribution in [2.45, 2.75) is 98.3 Å². The van der Waals surface area contributed by atoms with Crippen LogP contribution >= 0.6 is 0 Å². The third-order valence-corrected chi connectivity index (χ3v) is 5.79. The van der Waals surface area contributed by atoms with E-state index in [2.05, 4.69) is 39.8 Å². The number of carboxylic acid groups (broad SMARTS) is 1. The van der Waals surface area contributed by atoms with Crippen LogP contribution in [0.15, 0.2) is 34.9 Å². The van der Waals surface area contributed by atoms with E-state index in [4.69, 9.17) is 4.74 Å². The van der Waals surface area contributed by atoms with Crippen LogP contribution in [0.3, 0.4) is 0 Å². The van der Waals surface area contributed by atoms with Gasteiger partial charge in [-0.2, -0.15) is 0 Å². The van der Waals surface area contributed by atoms with Crippen molar-refractivity contribution in [2.75, 3.05) is 6.61 Å². The van der Waals surface area contributed by atoms with E-state index >= 15 is 0 Å². The zero-order valence-corrected chi connectivity index (χ0v) is 19.5. The van der Waals surface area contributed by atoms with Crippen molar-refractivity contribution >= 4 is 11.9 Å². The summed E-state index contributed by atoms with van der Waals surface area (Å²) in [7, 11) is 0. The molecule has 0 saturated heterocycles. The topological polar surface area (TPSA) is 63.6 Å². The fraction of sp³-hybridized carbons (Fsp3) is 0.692. The van der Waals surface area contributed by atoms with E-state index in [0.29, 0.717) is 19.4 Å². The van der Waals surface area contributed by atoms with Gasteiger partial charge in [-0.3, -0.25) is 9.59 Å². The third kappa shape index (κ3) is 10.8. The summed E-state index contributed by atoms with van der Waals surface area (Å²) in [6.07, 6.45) is 16.9. The van der Waals surface area contributed by atoms with Gasteiger partial charge < -0.3 is 9.84 Å². The summed E-state index contributed by atoms with van der Waals surface area (Å²) >= 11 is 0. The van der Waals surface area contributed by atoms with Gasteiger partial charge in [0.1, 0.15) is 0 Å². The van der Waals surface area contributed by atoms with E-state index in [1.807, 2.05) is 6.08 Å². The van der Waals surface area contributed by atoms with Crippen molar-refractivity contribution in [1.29, 1.82) is 0 Å². The smallest absolute Gasteiger partial charge is 0.310 e. The Kier molecular flexibility index (Phi) is 13.1. The number of esters is 1. The Hall–Kier alpha value is -1.84. The first-order chi connectivity index (χ1) is 14.3. The largest absolute Gasteiger partial charge is 0.481 e. The van der Waals surface area contributed by atoms with Crippen molar-refractivity contribution in [3.05, 3.63) is 34.9 Å². The number of rotatable bonds is 14. The number of hydrogen-bond donors (Lipinski definition) is 1. The highest BCUT2D eigenvalue weighted by Gasteiger charge is 2.37. The Bertz CT molecular complexity index is 623. The number of carbonyl (C=O) groups is 2. The molecule has 4 nitrogen and oxygen atoms in total. The molecule has 2 unspecified atom stereocenters. The summed E-state index contributed by atoms with van der Waals surface area (Å²) in [5, 5.41) is 9.53. The summed E-state index contributed by atoms with van der Waals surface area (Å²) < 4.78 is 5.45. The molecule has 0 aromatic rings. The maximum atomic E-state index is 12.6. The van der Waals surface area contributed by atoms with E-state index in [1.54, 1.807) is 0 Å². The Morgan fingerprint density at radius 3 is 2.47 bits per heavy atom. The van der Waals surface area contributed by atoms with Crippen LogP contribution in [0.2, 0.25) is 0 Å². The lowest BCUT2D eigenvalue weighted by atomic mass is 9.78. The molecule has 0 spiro atoms. The molecule has 0 aliphatic heterocycles. The Balaban J connectivity index is 2.51. The molecule has 4 heteroatoms. The highest BCUT2D eigenvalue weighted by atomic mass is 16.5. The van der Waals surface area contributed by atoms with E-state index in [0.717, 1.165) is 44.9 Å². The molecule has 0 bridgehead atoms. The molecule has 170 valence electrons. The standard InChI is InChI=1S/C26H42O4/c1-5-6-7-8-9-18-30-26(29)24-19-22(16-17-23(24)25(27)28)15-11-14-21(4)13-10-12-20(2)3/h12,14,16,23-24H,5-11,13,15,17-19H2,1-4H3,(H,27,28). The second kappa shape index (κ2) is 15.0. The third-order valence-electron chi connectivity index (χ3n) is 5.79. The summed E-state index contributed by atoms with van der Waals surface area (Å²) in [5.41, 5.74) is 3.92. The van der Waals surface area contributed by atoms with Gasteiger partial charge >= 0.3 is 11.9 Å². The van der Waals surface area contributed by atoms with E-state index < -0.39 is 17.8 Å². The van der Waals surface area contributed by atoms with Crippen LogP contribution in [0.1, 0.15) is 98.3 Å². The molecule has 0 saturated carbocycles. The van der Waals surface area contributed by atoms with Crippen LogP contribution < -0.4 is 0 Å². The quantitative estimate of drug-likeness (QED) is 0.187. The molecule has 1 rings (SSSR count). The zero-order valence-electron chi connectivity index (χ0n) is 19.5. The first-order valence-corrected chi connectivity index (χ1v) is 11.7. The predicted molar refractivity (Wildman–Crippen MR) is 123 cm³/mol. The summed E-state index contributed by atoms with van der Waals surface area (Å²) in [6.45, 7) is 8.97. The lowest BCUT2D eigenvalue weighted by Gasteiger charge is -2.27. The van der Waals surface area contributed by atoms with Gasteiger partial charge in [0.15, 0.2) is 0 Å². The summed E-state index contributed by atoms with van der Waals surface area (Å²) in [5.74, 6) is -2.45. The number of aliphatic carboxylic acids is 1. The van der Waals surface area contributed by atoms with Crippen LogP contribution in [0.4, 0.5) is 0 Å². The number of carboxylic acids is 1. The van der Waals surface area contributed by atoms with Crippen molar-refractivity contribution in [1.82, 2.24) is 0 Å². The Labute approximate surface area is 183 Å². The van der Waals surface area contributed by atoms with Gasteiger partial charge in [-0.15, -0.1) is 0 Å². The highest BCUT2D eigenvalue weighted by molar-refractivity contribution is 5.82. The molecular weight excluding hydrogens is 376 g/mol. The minimum absolute atomic E-state index is 0.336. The molecule has 30 heavy (non-hydrogen) atoms. The van der Waals surface area contributed by atoms with E-state index in [1.165, 1.54) is 29.6 Å². The SMILES string of the molecule is CCCCCCCOC(=O)C1CC(CCC=C(C)CCC=C(C)C)=CCC1C(=O)O. The monoisotopic (exact) mass is 418 g/mol. The number of unbranched alkanes of at least 4 members (excludes halogenated alkanes) is 4. The first-order valence-electron chi connectivity index (χ1n) is 11.7. The van der Waals surface area contributed by atoms with Crippen LogP contribution in [-0.4, -0.2) is 23.7 Å². The van der Waals surface area contributed by atoms with Gasteiger partial charge in [-0.1, -0.05) is 67.6 Å². The van der Waals surface area contributed by atoms with Crippen LogP contribution in [-0.2, 0) is 14.3 Å². The van der Waals surface area contributed by atoms with Crippen LogP contribution in [0.25, 0.3) is 0 Å². The summed E-state index contributed by atoms with van der Waals surface area (Å²) in [4.78, 5) is 24.2. The second-order valence-electron chi connectivity index (χ2n) is 8.84. The van der Waals surface area contributed by atoms with Gasteiger partial charge in [0.25, 0.3) is 0 Å². The minimum atomic E-state index is -0.898. The Morgan fingerprint density at radius 2 is 1.80 bits per heavy atom. The van der Waals surface area contributed by atoms with Gasteiger partial charge in [-0.05, 0) is 65.7 Å². The zero-order chi connectivity index (χ0) is 22.4. The maximum absolute atomic E-state index is 12.6. The van der Waals surface area contributed by atoms with Crippen molar-refractivity contribution in [3.8, 4) is 0 Å². The predicted octanol–water partition coefficient (Wildman–Crippen LogP) is 7.01. The minimum Gasteiger partial charge on any atom is -0.481 e. The van der Waals surface area contributed by atoms with E-state index in [9.17, 15) is 14.7 Å². The van der Waals surface area contributed by atoms with Gasteiger partial charge in [0, 0.05) is 0 Å². The van der Waals surface area contributed by atoms with Crippen LogP contribution in [0.5, 0.6) is 0 Å². The highest BCUT2D eigenvalue weighted by Crippen LogP contribution is 2.33. The fourth-order valence-corrected chi connectivity index (χ4v) is 3.87. The maximum Gasteiger partial charge on any atom is 0.310 e. The van der Waals surface area contributed by atoms with Gasteiger partial charge in [0.05, 0.1) is 18.4 Å². The molecule has 0 amide bonds. The average molecular weight is 419 g/mol. The van der Waals surface area contributed by atoms with Crippen molar-refractivity contribution in [3.63, 3.8) is 0 Å². The molecule has 1 N–H and O–H groups in total. The Morgan fingerprint density at radius 1 is 1.07 bits per heavy atom.